The normalized spacial score (nSPS) is 21.9. The molecule has 0 atom stereocenters. The molecule has 2 aliphatic heterocycles. The van der Waals surface area contributed by atoms with Gasteiger partial charge in [-0.1, -0.05) is 174 Å². The average Bonchev–Trinajstić information content (AvgIpc) is 2.91. The van der Waals surface area contributed by atoms with Crippen LogP contribution in [0.3, 0.4) is 0 Å². The van der Waals surface area contributed by atoms with Crippen LogP contribution in [0.15, 0.2) is 101 Å². The third-order valence-electron chi connectivity index (χ3n) is 21.9. The van der Waals surface area contributed by atoms with Gasteiger partial charge < -0.3 is 9.32 Å². The number of hydrogen-bond donors (Lipinski definition) is 0. The van der Waals surface area contributed by atoms with Gasteiger partial charge in [0.05, 0.1) is 0 Å². The van der Waals surface area contributed by atoms with E-state index in [0.29, 0.717) is 0 Å². The number of fused-ring (bicyclic) bond motifs is 10. The van der Waals surface area contributed by atoms with Gasteiger partial charge >= 0.3 is 0 Å². The smallest absolute Gasteiger partial charge is 0.257 e. The van der Waals surface area contributed by atoms with Crippen molar-refractivity contribution >= 4 is 68.4 Å². The molecule has 404 valence electrons. The fraction of sp³-hybridized carbons (Fsp3) is 0.486. The van der Waals surface area contributed by atoms with Crippen molar-refractivity contribution in [2.45, 2.75) is 232 Å². The highest BCUT2D eigenvalue weighted by molar-refractivity contribution is 7.01. The number of nitrogens with zero attached hydrogens (tertiary/aromatic N) is 2. The fourth-order valence-corrected chi connectivity index (χ4v) is 15.9. The predicted octanol–water partition coefficient (Wildman–Crippen LogP) is 18.9. The number of anilines is 6. The highest BCUT2D eigenvalue weighted by atomic mass is 16.4. The molecule has 4 aliphatic carbocycles. The zero-order valence-corrected chi connectivity index (χ0v) is 51.3. The van der Waals surface area contributed by atoms with Crippen molar-refractivity contribution in [2.24, 2.45) is 0 Å². The van der Waals surface area contributed by atoms with Gasteiger partial charge in [-0.2, -0.15) is 0 Å². The summed E-state index contributed by atoms with van der Waals surface area (Å²) in [5, 5.41) is 1.25. The molecule has 0 amide bonds. The Morgan fingerprint density at radius 1 is 0.372 bits per heavy atom. The van der Waals surface area contributed by atoms with Crippen LogP contribution < -0.4 is 26.2 Å². The van der Waals surface area contributed by atoms with E-state index in [9.17, 15) is 0 Å². The first-order chi connectivity index (χ1) is 36.2. The van der Waals surface area contributed by atoms with Gasteiger partial charge in [-0.3, -0.25) is 4.90 Å². The first-order valence-electron chi connectivity index (χ1n) is 30.2. The minimum Gasteiger partial charge on any atom is -0.440 e. The van der Waals surface area contributed by atoms with E-state index in [4.69, 9.17) is 4.42 Å². The van der Waals surface area contributed by atoms with Gasteiger partial charge in [-0.15, -0.1) is 0 Å². The standard InChI is InChI=1S/C74H89BN2O/c1-66(2,3)46-21-27-59-58(39-46)75-63-49-42-56-57(74(18,19)35-34-73(56,16)17)43-62(49)78-65(63)77(48-23-26-52-55(41-48)72(14,15)33-30-69(52,8)9)61-38-45(44-20-24-50-53(36-44)70(10,11)31-28-67(50,4)5)37-60(64(61)75)76(59)47-22-25-51-54(40-47)71(12,13)32-29-68(51,6)7/h20-27,36-43H,28-35H2,1-19H3. The number of furan rings is 1. The molecule has 13 rings (SSSR count). The molecule has 0 saturated heterocycles. The van der Waals surface area contributed by atoms with E-state index in [2.05, 4.69) is 238 Å². The Morgan fingerprint density at radius 2 is 0.782 bits per heavy atom. The van der Waals surface area contributed by atoms with E-state index in [-0.39, 0.29) is 55.4 Å². The predicted molar refractivity (Wildman–Crippen MR) is 336 cm³/mol. The minimum absolute atomic E-state index is 0.0188. The maximum Gasteiger partial charge on any atom is 0.257 e. The lowest BCUT2D eigenvalue weighted by atomic mass is 9.33. The summed E-state index contributed by atoms with van der Waals surface area (Å²) < 4.78 is 7.79. The van der Waals surface area contributed by atoms with Gasteiger partial charge in [-0.25, -0.2) is 0 Å². The van der Waals surface area contributed by atoms with E-state index in [1.807, 2.05) is 0 Å². The molecule has 0 N–H and O–H groups in total. The number of hydrogen-bond acceptors (Lipinski definition) is 3. The lowest BCUT2D eigenvalue weighted by molar-refractivity contribution is 0.332. The Balaban J connectivity index is 1.19. The van der Waals surface area contributed by atoms with Crippen molar-refractivity contribution in [3.63, 3.8) is 0 Å². The molecule has 0 unspecified atom stereocenters. The lowest BCUT2D eigenvalue weighted by Crippen LogP contribution is -2.61. The van der Waals surface area contributed by atoms with Crippen LogP contribution in [0.2, 0.25) is 0 Å². The Morgan fingerprint density at radius 3 is 1.27 bits per heavy atom. The molecule has 0 bridgehead atoms. The van der Waals surface area contributed by atoms with Crippen LogP contribution in [0.5, 0.6) is 0 Å². The molecule has 78 heavy (non-hydrogen) atoms. The van der Waals surface area contributed by atoms with Crippen LogP contribution in [0.1, 0.15) is 233 Å². The van der Waals surface area contributed by atoms with Gasteiger partial charge in [-0.05, 0) is 227 Å². The molecule has 0 spiro atoms. The summed E-state index contributed by atoms with van der Waals surface area (Å²) in [6.45, 7) is 46.5. The number of rotatable bonds is 3. The first kappa shape index (κ1) is 51.9. The zero-order valence-electron chi connectivity index (χ0n) is 51.3. The summed E-state index contributed by atoms with van der Waals surface area (Å²) >= 11 is 0. The lowest BCUT2D eigenvalue weighted by Gasteiger charge is -2.45. The summed E-state index contributed by atoms with van der Waals surface area (Å²) in [4.78, 5) is 5.30. The highest BCUT2D eigenvalue weighted by Crippen LogP contribution is 2.56. The molecule has 0 fully saturated rings. The highest BCUT2D eigenvalue weighted by Gasteiger charge is 2.50. The monoisotopic (exact) mass is 1030 g/mol. The van der Waals surface area contributed by atoms with Crippen molar-refractivity contribution in [1.82, 2.24) is 0 Å². The Labute approximate surface area is 470 Å². The first-order valence-corrected chi connectivity index (χ1v) is 30.2. The second-order valence-electron chi connectivity index (χ2n) is 32.1. The van der Waals surface area contributed by atoms with Crippen molar-refractivity contribution in [1.29, 1.82) is 0 Å². The summed E-state index contributed by atoms with van der Waals surface area (Å²) in [6.07, 6.45) is 9.36. The SMILES string of the molecule is CC(C)(C)c1ccc2c(c1)B1c3c(cc(-c4ccc5c(c4)C(C)(C)CCC5(C)C)cc3N(c3ccc4c(c3)C(C)(C)CCC4(C)C)c3oc4cc5c(cc4c31)C(C)(C)CCC5(C)C)N2c1ccc2c(c1)C(C)(C)CCC2(C)C. The third-order valence-corrected chi connectivity index (χ3v) is 21.9. The van der Waals surface area contributed by atoms with Crippen LogP contribution >= 0.6 is 0 Å². The van der Waals surface area contributed by atoms with Crippen LogP contribution in [0.25, 0.3) is 22.1 Å². The van der Waals surface area contributed by atoms with Crippen molar-refractivity contribution in [3.05, 3.63) is 147 Å². The molecule has 3 heterocycles. The van der Waals surface area contributed by atoms with Crippen LogP contribution in [0.4, 0.5) is 34.3 Å². The van der Waals surface area contributed by atoms with Gasteiger partial charge in [0, 0.05) is 39.3 Å². The van der Waals surface area contributed by atoms with E-state index in [1.54, 1.807) is 0 Å². The van der Waals surface area contributed by atoms with E-state index in [1.165, 1.54) is 137 Å². The minimum atomic E-state index is -0.0906. The van der Waals surface area contributed by atoms with E-state index >= 15 is 0 Å². The van der Waals surface area contributed by atoms with Crippen molar-refractivity contribution in [2.75, 3.05) is 9.80 Å². The van der Waals surface area contributed by atoms with Gasteiger partial charge in [0.15, 0.2) is 0 Å². The van der Waals surface area contributed by atoms with Gasteiger partial charge in [0.25, 0.3) is 6.71 Å². The van der Waals surface area contributed by atoms with Crippen LogP contribution in [-0.4, -0.2) is 6.71 Å². The van der Waals surface area contributed by atoms with Crippen LogP contribution in [-0.2, 0) is 48.7 Å². The average molecular weight is 1030 g/mol. The van der Waals surface area contributed by atoms with Gasteiger partial charge in [0.2, 0.25) is 5.88 Å². The van der Waals surface area contributed by atoms with E-state index < -0.39 is 0 Å². The Kier molecular flexibility index (Phi) is 10.7. The van der Waals surface area contributed by atoms with Crippen molar-refractivity contribution in [3.8, 4) is 11.1 Å². The molecule has 4 heteroatoms. The molecule has 1 aromatic heterocycles. The maximum absolute atomic E-state index is 7.79. The number of benzene rings is 6. The molecule has 0 saturated carbocycles. The molecule has 6 aliphatic rings. The third kappa shape index (κ3) is 7.55. The molecular formula is C74H89BN2O. The summed E-state index contributed by atoms with van der Waals surface area (Å²) in [5.41, 5.74) is 27.2. The van der Waals surface area contributed by atoms with Gasteiger partial charge in [0.1, 0.15) is 5.58 Å². The molecule has 6 aromatic carbocycles. The summed E-state index contributed by atoms with van der Waals surface area (Å²) in [6, 6.07) is 40.4. The molecular weight excluding hydrogens is 944 g/mol. The molecule has 0 radical (unpaired) electrons. The second-order valence-corrected chi connectivity index (χ2v) is 32.1. The zero-order chi connectivity index (χ0) is 55.6. The van der Waals surface area contributed by atoms with Crippen LogP contribution in [0, 0.1) is 0 Å². The topological polar surface area (TPSA) is 19.6 Å². The summed E-state index contributed by atoms with van der Waals surface area (Å²) in [7, 11) is 0. The quantitative estimate of drug-likeness (QED) is 0.164. The summed E-state index contributed by atoms with van der Waals surface area (Å²) in [5.74, 6) is 0.961. The van der Waals surface area contributed by atoms with Crippen molar-refractivity contribution < 1.29 is 4.42 Å². The van der Waals surface area contributed by atoms with E-state index in [0.717, 1.165) is 37.2 Å². The largest absolute Gasteiger partial charge is 0.440 e. The second kappa shape index (κ2) is 16.1. The fourth-order valence-electron chi connectivity index (χ4n) is 15.9. The Hall–Kier alpha value is -5.48. The molecule has 7 aromatic rings. The Bertz CT molecular complexity index is 3710. The molecule has 3 nitrogen and oxygen atoms in total. The maximum atomic E-state index is 7.79.